The molecule has 0 saturated carbocycles. The highest BCUT2D eigenvalue weighted by Gasteiger charge is 2.34. The lowest BCUT2D eigenvalue weighted by Crippen LogP contribution is -2.26. The highest BCUT2D eigenvalue weighted by molar-refractivity contribution is 9.10. The van der Waals surface area contributed by atoms with Crippen LogP contribution in [0, 0.1) is 5.92 Å². The van der Waals surface area contributed by atoms with Gasteiger partial charge < -0.3 is 5.73 Å². The number of halogens is 1. The number of sulfonamides is 1. The molecule has 0 aliphatic carbocycles. The number of nitrogens with zero attached hydrogens (tertiary/aromatic N) is 1. The van der Waals surface area contributed by atoms with E-state index < -0.39 is 10.0 Å². The molecule has 1 aliphatic rings. The Kier molecular flexibility index (Phi) is 2.88. The lowest BCUT2D eigenvalue weighted by molar-refractivity contribution is 0.598. The van der Waals surface area contributed by atoms with Gasteiger partial charge in [-0.2, -0.15) is 0 Å². The van der Waals surface area contributed by atoms with Crippen molar-refractivity contribution in [1.29, 1.82) is 0 Å². The number of nitrogen functional groups attached to an aromatic ring is 1. The maximum Gasteiger partial charge on any atom is 0.235 e. The molecule has 2 N–H and O–H groups in total. The molecule has 0 aromatic heterocycles. The van der Waals surface area contributed by atoms with Crippen LogP contribution in [0.4, 0.5) is 11.4 Å². The van der Waals surface area contributed by atoms with Crippen molar-refractivity contribution in [1.82, 2.24) is 0 Å². The van der Waals surface area contributed by atoms with Crippen LogP contribution in [0.15, 0.2) is 22.7 Å². The zero-order valence-electron chi connectivity index (χ0n) is 8.85. The fourth-order valence-electron chi connectivity index (χ4n) is 1.90. The second-order valence-electron chi connectivity index (χ2n) is 4.12. The number of hydrogen-bond donors (Lipinski definition) is 1. The van der Waals surface area contributed by atoms with Crippen LogP contribution in [0.5, 0.6) is 0 Å². The van der Waals surface area contributed by atoms with E-state index in [-0.39, 0.29) is 11.7 Å². The van der Waals surface area contributed by atoms with Gasteiger partial charge in [-0.15, -0.1) is 0 Å². The van der Waals surface area contributed by atoms with Gasteiger partial charge in [-0.3, -0.25) is 4.31 Å². The quantitative estimate of drug-likeness (QED) is 0.805. The molecule has 1 aromatic carbocycles. The van der Waals surface area contributed by atoms with Crippen molar-refractivity contribution < 1.29 is 8.42 Å². The van der Waals surface area contributed by atoms with Crippen molar-refractivity contribution in [2.24, 2.45) is 5.92 Å². The first kappa shape index (κ1) is 11.7. The monoisotopic (exact) mass is 304 g/mol. The summed E-state index contributed by atoms with van der Waals surface area (Å²) in [4.78, 5) is 0. The molecule has 0 amide bonds. The topological polar surface area (TPSA) is 63.4 Å². The Morgan fingerprint density at radius 3 is 2.69 bits per heavy atom. The summed E-state index contributed by atoms with van der Waals surface area (Å²) in [5.41, 5.74) is 6.89. The van der Waals surface area contributed by atoms with Gasteiger partial charge >= 0.3 is 0 Å². The fraction of sp³-hybridized carbons (Fsp3) is 0.400. The largest absolute Gasteiger partial charge is 0.397 e. The van der Waals surface area contributed by atoms with E-state index >= 15 is 0 Å². The Balaban J connectivity index is 2.45. The van der Waals surface area contributed by atoms with Crippen LogP contribution in [0.3, 0.4) is 0 Å². The van der Waals surface area contributed by atoms with Crippen molar-refractivity contribution in [3.8, 4) is 0 Å². The van der Waals surface area contributed by atoms with Crippen molar-refractivity contribution in [3.63, 3.8) is 0 Å². The Hall–Kier alpha value is -0.750. The Bertz CT molecular complexity index is 516. The SMILES string of the molecule is CC1CN(c2ccc(Br)cc2N)S(=O)(=O)C1. The fourth-order valence-corrected chi connectivity index (χ4v) is 4.23. The van der Waals surface area contributed by atoms with Crippen molar-refractivity contribution in [2.45, 2.75) is 6.92 Å². The zero-order chi connectivity index (χ0) is 11.9. The molecule has 0 radical (unpaired) electrons. The molecule has 1 heterocycles. The molecule has 4 nitrogen and oxygen atoms in total. The number of nitrogens with two attached hydrogens (primary N) is 1. The molecule has 6 heteroatoms. The molecular formula is C10H13BrN2O2S. The van der Waals surface area contributed by atoms with E-state index in [4.69, 9.17) is 5.73 Å². The summed E-state index contributed by atoms with van der Waals surface area (Å²) in [6.07, 6.45) is 0. The van der Waals surface area contributed by atoms with Gasteiger partial charge in [0.15, 0.2) is 0 Å². The normalized spacial score (nSPS) is 23.6. The van der Waals surface area contributed by atoms with Crippen LogP contribution < -0.4 is 10.0 Å². The number of rotatable bonds is 1. The molecule has 2 rings (SSSR count). The van der Waals surface area contributed by atoms with E-state index in [1.54, 1.807) is 18.2 Å². The second kappa shape index (κ2) is 3.92. The highest BCUT2D eigenvalue weighted by atomic mass is 79.9. The standard InChI is InChI=1S/C10H13BrN2O2S/c1-7-5-13(16(14,15)6-7)10-3-2-8(11)4-9(10)12/h2-4,7H,5-6,12H2,1H3. The third-order valence-corrected chi connectivity index (χ3v) is 5.07. The molecule has 0 bridgehead atoms. The van der Waals surface area contributed by atoms with Crippen LogP contribution >= 0.6 is 15.9 Å². The minimum atomic E-state index is -3.19. The summed E-state index contributed by atoms with van der Waals surface area (Å²) in [6, 6.07) is 5.24. The summed E-state index contributed by atoms with van der Waals surface area (Å²) in [5, 5.41) is 0. The lowest BCUT2D eigenvalue weighted by Gasteiger charge is -2.19. The molecule has 1 unspecified atom stereocenters. The zero-order valence-corrected chi connectivity index (χ0v) is 11.3. The first-order valence-corrected chi connectivity index (χ1v) is 7.36. The van der Waals surface area contributed by atoms with E-state index in [9.17, 15) is 8.42 Å². The van der Waals surface area contributed by atoms with Gasteiger partial charge in [0.1, 0.15) is 0 Å². The minimum Gasteiger partial charge on any atom is -0.397 e. The third-order valence-electron chi connectivity index (χ3n) is 2.57. The predicted molar refractivity (Wildman–Crippen MR) is 68.9 cm³/mol. The van der Waals surface area contributed by atoms with Gasteiger partial charge in [-0.05, 0) is 24.1 Å². The molecule has 1 aliphatic heterocycles. The minimum absolute atomic E-state index is 0.146. The third kappa shape index (κ3) is 2.04. The molecular weight excluding hydrogens is 292 g/mol. The van der Waals surface area contributed by atoms with Gasteiger partial charge in [-0.25, -0.2) is 8.42 Å². The number of hydrogen-bond acceptors (Lipinski definition) is 3. The summed E-state index contributed by atoms with van der Waals surface area (Å²) in [5.74, 6) is 0.343. The Morgan fingerprint density at radius 2 is 2.19 bits per heavy atom. The average Bonchev–Trinajstić information content (AvgIpc) is 2.39. The van der Waals surface area contributed by atoms with Gasteiger partial charge in [0.25, 0.3) is 0 Å². The van der Waals surface area contributed by atoms with E-state index in [1.165, 1.54) is 4.31 Å². The molecule has 1 aromatic rings. The maximum atomic E-state index is 11.9. The van der Waals surface area contributed by atoms with Gasteiger partial charge in [0.2, 0.25) is 10.0 Å². The van der Waals surface area contributed by atoms with Crippen molar-refractivity contribution in [2.75, 3.05) is 22.3 Å². The van der Waals surface area contributed by atoms with Gasteiger partial charge in [0, 0.05) is 11.0 Å². The summed E-state index contributed by atoms with van der Waals surface area (Å²) < 4.78 is 26.0. The molecule has 88 valence electrons. The average molecular weight is 305 g/mol. The summed E-state index contributed by atoms with van der Waals surface area (Å²) in [7, 11) is -3.19. The smallest absolute Gasteiger partial charge is 0.235 e. The molecule has 0 spiro atoms. The van der Waals surface area contributed by atoms with Crippen LogP contribution in [0.25, 0.3) is 0 Å². The first-order valence-electron chi connectivity index (χ1n) is 4.95. The lowest BCUT2D eigenvalue weighted by atomic mass is 10.2. The molecule has 16 heavy (non-hydrogen) atoms. The van der Waals surface area contributed by atoms with E-state index in [0.717, 1.165) is 4.47 Å². The highest BCUT2D eigenvalue weighted by Crippen LogP contribution is 2.32. The Morgan fingerprint density at radius 1 is 1.50 bits per heavy atom. The van der Waals surface area contributed by atoms with Crippen LogP contribution in [0.1, 0.15) is 6.92 Å². The van der Waals surface area contributed by atoms with Crippen molar-refractivity contribution in [3.05, 3.63) is 22.7 Å². The van der Waals surface area contributed by atoms with Crippen LogP contribution in [-0.4, -0.2) is 20.7 Å². The van der Waals surface area contributed by atoms with E-state index in [0.29, 0.717) is 17.9 Å². The Labute approximate surface area is 104 Å². The predicted octanol–water partition coefficient (Wildman–Crippen LogP) is 1.82. The van der Waals surface area contributed by atoms with Crippen molar-refractivity contribution >= 4 is 37.3 Å². The molecule has 1 atom stereocenters. The van der Waals surface area contributed by atoms with Gasteiger partial charge in [0.05, 0.1) is 17.1 Å². The summed E-state index contributed by atoms with van der Waals surface area (Å²) in [6.45, 7) is 2.43. The number of anilines is 2. The van der Waals surface area contributed by atoms with E-state index in [1.807, 2.05) is 6.92 Å². The molecule has 1 saturated heterocycles. The van der Waals surface area contributed by atoms with E-state index in [2.05, 4.69) is 15.9 Å². The van der Waals surface area contributed by atoms with Crippen LogP contribution in [0.2, 0.25) is 0 Å². The second-order valence-corrected chi connectivity index (χ2v) is 6.97. The first-order chi connectivity index (χ1) is 7.40. The number of benzene rings is 1. The summed E-state index contributed by atoms with van der Waals surface area (Å²) >= 11 is 3.30. The van der Waals surface area contributed by atoms with Gasteiger partial charge in [-0.1, -0.05) is 22.9 Å². The van der Waals surface area contributed by atoms with Crippen LogP contribution in [-0.2, 0) is 10.0 Å². The molecule has 1 fully saturated rings. The maximum absolute atomic E-state index is 11.9.